The zero-order chi connectivity index (χ0) is 21.0. The monoisotopic (exact) mass is 414 g/mol. The first kappa shape index (κ1) is 20.9. The number of carbonyl (C=O) groups excluding carboxylic acids is 3. The van der Waals surface area contributed by atoms with Crippen LogP contribution >= 0.6 is 11.6 Å². The zero-order valence-corrected chi connectivity index (χ0v) is 17.2. The van der Waals surface area contributed by atoms with Gasteiger partial charge in [-0.05, 0) is 48.7 Å². The van der Waals surface area contributed by atoms with Crippen LogP contribution in [-0.2, 0) is 25.5 Å². The van der Waals surface area contributed by atoms with Crippen molar-refractivity contribution in [2.45, 2.75) is 26.7 Å². The number of carbonyl (C=O) groups is 3. The van der Waals surface area contributed by atoms with Crippen LogP contribution in [0.5, 0.6) is 0 Å². The molecule has 2 aromatic carbocycles. The van der Waals surface area contributed by atoms with Gasteiger partial charge >= 0.3 is 5.97 Å². The van der Waals surface area contributed by atoms with Gasteiger partial charge in [0.2, 0.25) is 5.91 Å². The lowest BCUT2D eigenvalue weighted by Crippen LogP contribution is -2.28. The molecule has 0 saturated carbocycles. The molecule has 6 nitrogen and oxygen atoms in total. The van der Waals surface area contributed by atoms with Crippen LogP contribution < -0.4 is 10.2 Å². The van der Waals surface area contributed by atoms with Crippen LogP contribution in [-0.4, -0.2) is 30.9 Å². The molecule has 0 bridgehead atoms. The predicted octanol–water partition coefficient (Wildman–Crippen LogP) is 3.75. The smallest absolute Gasteiger partial charge is 0.311 e. The molecule has 7 heteroatoms. The molecule has 2 aromatic rings. The van der Waals surface area contributed by atoms with Crippen LogP contribution in [0, 0.1) is 12.8 Å². The van der Waals surface area contributed by atoms with Crippen molar-refractivity contribution >= 4 is 40.8 Å². The Kier molecular flexibility index (Phi) is 6.54. The van der Waals surface area contributed by atoms with Crippen molar-refractivity contribution in [2.75, 3.05) is 23.4 Å². The molecule has 29 heavy (non-hydrogen) atoms. The van der Waals surface area contributed by atoms with Crippen molar-refractivity contribution < 1.29 is 19.1 Å². The van der Waals surface area contributed by atoms with Crippen molar-refractivity contribution in [3.05, 3.63) is 58.6 Å². The van der Waals surface area contributed by atoms with Crippen LogP contribution in [0.3, 0.4) is 0 Å². The minimum absolute atomic E-state index is 0.0564. The van der Waals surface area contributed by atoms with Gasteiger partial charge < -0.3 is 15.0 Å². The summed E-state index contributed by atoms with van der Waals surface area (Å²) in [5.41, 5.74) is 3.40. The number of para-hydroxylation sites is 1. The van der Waals surface area contributed by atoms with Crippen molar-refractivity contribution in [2.24, 2.45) is 5.92 Å². The number of hydrogen-bond donors (Lipinski definition) is 1. The van der Waals surface area contributed by atoms with Crippen LogP contribution in [0.4, 0.5) is 11.4 Å². The third-order valence-electron chi connectivity index (χ3n) is 4.95. The van der Waals surface area contributed by atoms with Crippen LogP contribution in [0.15, 0.2) is 42.5 Å². The summed E-state index contributed by atoms with van der Waals surface area (Å²) < 4.78 is 5.17. The van der Waals surface area contributed by atoms with E-state index in [1.807, 2.05) is 32.0 Å². The Bertz CT molecular complexity index is 927. The van der Waals surface area contributed by atoms with Gasteiger partial charge in [0.25, 0.3) is 5.91 Å². The summed E-state index contributed by atoms with van der Waals surface area (Å²) in [4.78, 5) is 38.4. The SMILES string of the molecule is CCc1cccc(C)c1NC(=O)COC(=O)C1CC(=O)N(c2ccc(Cl)cc2)C1. The third-order valence-corrected chi connectivity index (χ3v) is 5.20. The van der Waals surface area contributed by atoms with Crippen LogP contribution in [0.1, 0.15) is 24.5 Å². The van der Waals surface area contributed by atoms with E-state index in [2.05, 4.69) is 5.32 Å². The summed E-state index contributed by atoms with van der Waals surface area (Å²) in [5.74, 6) is -1.71. The van der Waals surface area contributed by atoms with Gasteiger partial charge in [0.1, 0.15) is 0 Å². The normalized spacial score (nSPS) is 16.0. The number of esters is 1. The maximum absolute atomic E-state index is 12.4. The molecule has 0 radical (unpaired) electrons. The Hall–Kier alpha value is -2.86. The van der Waals surface area contributed by atoms with Crippen molar-refractivity contribution in [1.29, 1.82) is 0 Å². The first-order valence-electron chi connectivity index (χ1n) is 9.50. The highest BCUT2D eigenvalue weighted by atomic mass is 35.5. The summed E-state index contributed by atoms with van der Waals surface area (Å²) in [7, 11) is 0. The van der Waals surface area contributed by atoms with E-state index in [4.69, 9.17) is 16.3 Å². The lowest BCUT2D eigenvalue weighted by Gasteiger charge is -2.16. The van der Waals surface area contributed by atoms with Gasteiger partial charge in [0, 0.05) is 29.4 Å². The van der Waals surface area contributed by atoms with E-state index in [9.17, 15) is 14.4 Å². The maximum Gasteiger partial charge on any atom is 0.311 e. The standard InChI is InChI=1S/C22H23ClN2O4/c1-3-15-6-4-5-14(2)21(15)24-19(26)13-29-22(28)16-11-20(27)25(12-16)18-9-7-17(23)8-10-18/h4-10,16H,3,11-13H2,1-2H3,(H,24,26). The second-order valence-corrected chi connectivity index (χ2v) is 7.44. The zero-order valence-electron chi connectivity index (χ0n) is 16.4. The number of halogens is 1. The molecule has 1 fully saturated rings. The molecular formula is C22H23ClN2O4. The van der Waals surface area contributed by atoms with Crippen LogP contribution in [0.2, 0.25) is 5.02 Å². The fourth-order valence-corrected chi connectivity index (χ4v) is 3.49. The lowest BCUT2D eigenvalue weighted by atomic mass is 10.1. The van der Waals surface area contributed by atoms with E-state index in [-0.39, 0.29) is 25.5 Å². The largest absolute Gasteiger partial charge is 0.455 e. The van der Waals surface area contributed by atoms with E-state index in [1.165, 1.54) is 4.90 Å². The van der Waals surface area contributed by atoms with E-state index in [1.54, 1.807) is 24.3 Å². The fourth-order valence-electron chi connectivity index (χ4n) is 3.37. The quantitative estimate of drug-likeness (QED) is 0.730. The van der Waals surface area contributed by atoms with E-state index in [0.717, 1.165) is 23.2 Å². The Morgan fingerprint density at radius 2 is 1.93 bits per heavy atom. The molecule has 1 N–H and O–H groups in total. The van der Waals surface area contributed by atoms with Gasteiger partial charge in [-0.1, -0.05) is 36.7 Å². The minimum Gasteiger partial charge on any atom is -0.455 e. The molecule has 0 aliphatic carbocycles. The number of amides is 2. The van der Waals surface area contributed by atoms with Gasteiger partial charge in [-0.2, -0.15) is 0 Å². The number of nitrogens with one attached hydrogen (secondary N) is 1. The number of hydrogen-bond acceptors (Lipinski definition) is 4. The van der Waals surface area contributed by atoms with Crippen LogP contribution in [0.25, 0.3) is 0 Å². The molecule has 152 valence electrons. The van der Waals surface area contributed by atoms with Gasteiger partial charge in [-0.3, -0.25) is 14.4 Å². The molecule has 1 unspecified atom stereocenters. The fraction of sp³-hybridized carbons (Fsp3) is 0.318. The Labute approximate surface area is 174 Å². The lowest BCUT2D eigenvalue weighted by molar-refractivity contribution is -0.151. The molecule has 1 aliphatic heterocycles. The highest BCUT2D eigenvalue weighted by Gasteiger charge is 2.36. The maximum atomic E-state index is 12.4. The number of anilines is 2. The second-order valence-electron chi connectivity index (χ2n) is 7.00. The Balaban J connectivity index is 1.55. The summed E-state index contributed by atoms with van der Waals surface area (Å²) in [6.45, 7) is 3.75. The molecule has 1 atom stereocenters. The van der Waals surface area contributed by atoms with Gasteiger partial charge in [-0.25, -0.2) is 0 Å². The molecule has 1 heterocycles. The van der Waals surface area contributed by atoms with Gasteiger partial charge in [0.15, 0.2) is 6.61 Å². The highest BCUT2D eigenvalue weighted by Crippen LogP contribution is 2.27. The first-order valence-corrected chi connectivity index (χ1v) is 9.87. The summed E-state index contributed by atoms with van der Waals surface area (Å²) in [6.07, 6.45) is 0.836. The second kappa shape index (κ2) is 9.09. The summed E-state index contributed by atoms with van der Waals surface area (Å²) in [5, 5.41) is 3.39. The molecule has 0 aromatic heterocycles. The van der Waals surface area contributed by atoms with Gasteiger partial charge in [0.05, 0.1) is 5.92 Å². The van der Waals surface area contributed by atoms with Crippen molar-refractivity contribution in [1.82, 2.24) is 0 Å². The molecule has 2 amide bonds. The van der Waals surface area contributed by atoms with Crippen molar-refractivity contribution in [3.8, 4) is 0 Å². The average molecular weight is 415 g/mol. The Morgan fingerprint density at radius 3 is 2.62 bits per heavy atom. The Morgan fingerprint density at radius 1 is 1.21 bits per heavy atom. The topological polar surface area (TPSA) is 75.7 Å². The molecule has 3 rings (SSSR count). The van der Waals surface area contributed by atoms with E-state index < -0.39 is 17.8 Å². The van der Waals surface area contributed by atoms with Crippen molar-refractivity contribution in [3.63, 3.8) is 0 Å². The number of nitrogens with zero attached hydrogens (tertiary/aromatic N) is 1. The van der Waals surface area contributed by atoms with Gasteiger partial charge in [-0.15, -0.1) is 0 Å². The third kappa shape index (κ3) is 4.95. The molecule has 1 aliphatic rings. The molecule has 0 spiro atoms. The number of rotatable bonds is 6. The number of benzene rings is 2. The highest BCUT2D eigenvalue weighted by molar-refractivity contribution is 6.30. The number of aryl methyl sites for hydroxylation is 2. The summed E-state index contributed by atoms with van der Waals surface area (Å²) >= 11 is 5.88. The number of ether oxygens (including phenoxy) is 1. The molecular weight excluding hydrogens is 392 g/mol. The molecule has 1 saturated heterocycles. The van der Waals surface area contributed by atoms with E-state index in [0.29, 0.717) is 10.7 Å². The van der Waals surface area contributed by atoms with E-state index >= 15 is 0 Å². The predicted molar refractivity (Wildman–Crippen MR) is 112 cm³/mol. The first-order chi connectivity index (χ1) is 13.9. The summed E-state index contributed by atoms with van der Waals surface area (Å²) in [6, 6.07) is 12.6. The minimum atomic E-state index is -0.601. The average Bonchev–Trinajstić information content (AvgIpc) is 3.10.